The Bertz CT molecular complexity index is 734. The molecule has 204 valence electrons. The molecule has 1 aliphatic carbocycles. The van der Waals surface area contributed by atoms with E-state index in [2.05, 4.69) is 12.2 Å². The minimum atomic E-state index is -1.45. The summed E-state index contributed by atoms with van der Waals surface area (Å²) < 4.78 is 16.7. The zero-order chi connectivity index (χ0) is 26.9. The van der Waals surface area contributed by atoms with Crippen LogP contribution in [0.2, 0.25) is 0 Å². The number of amides is 2. The maximum absolute atomic E-state index is 12.7. The fraction of sp³-hybridized carbons (Fsp3) is 0.920. The molecule has 0 aromatic heterocycles. The molecular weight excluding hydrogens is 454 g/mol. The van der Waals surface area contributed by atoms with Gasteiger partial charge in [0.15, 0.2) is 0 Å². The fourth-order valence-corrected chi connectivity index (χ4v) is 5.24. The molecule has 8 unspecified atom stereocenters. The average molecular weight is 502 g/mol. The summed E-state index contributed by atoms with van der Waals surface area (Å²) in [5.41, 5.74) is 3.79. The number of carbonyl (C=O) groups is 2. The SMILES string of the molecule is CC1CC(NC(=O)OC(C)(C)C)CC(N)C1CC1OCC(C)(O)C(N(C)C(=O)OC(C)(C)C)C1O. The fourth-order valence-electron chi connectivity index (χ4n) is 5.24. The second-order valence-electron chi connectivity index (χ2n) is 12.6. The lowest BCUT2D eigenvalue weighted by Crippen LogP contribution is -2.67. The van der Waals surface area contributed by atoms with Crippen molar-refractivity contribution in [2.75, 3.05) is 13.7 Å². The molecule has 1 saturated heterocycles. The number of likely N-dealkylation sites (N-methyl/N-ethyl adjacent to an activating group) is 1. The molecule has 0 aromatic rings. The number of nitrogens with one attached hydrogen (secondary N) is 1. The Morgan fingerprint density at radius 1 is 1.14 bits per heavy atom. The Balaban J connectivity index is 2.06. The van der Waals surface area contributed by atoms with E-state index in [1.54, 1.807) is 27.7 Å². The third-order valence-electron chi connectivity index (χ3n) is 6.75. The average Bonchev–Trinajstić information content (AvgIpc) is 2.62. The molecule has 1 saturated carbocycles. The molecule has 8 atom stereocenters. The molecule has 35 heavy (non-hydrogen) atoms. The predicted octanol–water partition coefficient (Wildman–Crippen LogP) is 2.39. The molecule has 5 N–H and O–H groups in total. The Morgan fingerprint density at radius 3 is 2.23 bits per heavy atom. The van der Waals surface area contributed by atoms with E-state index in [-0.39, 0.29) is 30.5 Å². The van der Waals surface area contributed by atoms with Crippen LogP contribution in [-0.2, 0) is 14.2 Å². The van der Waals surface area contributed by atoms with Crippen LogP contribution in [0.3, 0.4) is 0 Å². The summed E-state index contributed by atoms with van der Waals surface area (Å²) >= 11 is 0. The number of nitrogens with zero attached hydrogens (tertiary/aromatic N) is 1. The lowest BCUT2D eigenvalue weighted by molar-refractivity contribution is -0.208. The molecule has 2 aliphatic rings. The first-order valence-electron chi connectivity index (χ1n) is 12.5. The van der Waals surface area contributed by atoms with Crippen molar-refractivity contribution in [1.82, 2.24) is 10.2 Å². The van der Waals surface area contributed by atoms with Crippen LogP contribution >= 0.6 is 0 Å². The van der Waals surface area contributed by atoms with Crippen LogP contribution in [-0.4, -0.2) is 88.1 Å². The van der Waals surface area contributed by atoms with E-state index < -0.39 is 47.2 Å². The van der Waals surface area contributed by atoms with Crippen molar-refractivity contribution >= 4 is 12.2 Å². The highest BCUT2D eigenvalue weighted by atomic mass is 16.6. The number of ether oxygens (including phenoxy) is 3. The zero-order valence-corrected chi connectivity index (χ0v) is 22.8. The number of aliphatic hydroxyl groups is 2. The van der Waals surface area contributed by atoms with Gasteiger partial charge in [0.2, 0.25) is 0 Å². The van der Waals surface area contributed by atoms with Gasteiger partial charge in [-0.1, -0.05) is 6.92 Å². The van der Waals surface area contributed by atoms with E-state index in [0.717, 1.165) is 6.42 Å². The van der Waals surface area contributed by atoms with Crippen LogP contribution in [0.25, 0.3) is 0 Å². The van der Waals surface area contributed by atoms with Gasteiger partial charge in [0.25, 0.3) is 0 Å². The highest BCUT2D eigenvalue weighted by Gasteiger charge is 2.51. The third-order valence-corrected chi connectivity index (χ3v) is 6.75. The maximum atomic E-state index is 12.7. The van der Waals surface area contributed by atoms with E-state index >= 15 is 0 Å². The predicted molar refractivity (Wildman–Crippen MR) is 132 cm³/mol. The molecule has 0 spiro atoms. The molecule has 2 amide bonds. The summed E-state index contributed by atoms with van der Waals surface area (Å²) in [6.07, 6.45) is -1.05. The van der Waals surface area contributed by atoms with E-state index in [9.17, 15) is 19.8 Å². The molecule has 0 radical (unpaired) electrons. The van der Waals surface area contributed by atoms with Gasteiger partial charge in [-0.15, -0.1) is 0 Å². The number of hydrogen-bond acceptors (Lipinski definition) is 8. The summed E-state index contributed by atoms with van der Waals surface area (Å²) in [5.74, 6) is 0.181. The molecule has 1 aliphatic heterocycles. The first-order chi connectivity index (χ1) is 15.8. The normalized spacial score (nSPS) is 36.3. The van der Waals surface area contributed by atoms with Gasteiger partial charge in [-0.05, 0) is 79.6 Å². The van der Waals surface area contributed by atoms with E-state index in [1.807, 2.05) is 20.8 Å². The van der Waals surface area contributed by atoms with Crippen molar-refractivity contribution in [3.05, 3.63) is 0 Å². The van der Waals surface area contributed by atoms with Crippen LogP contribution in [0.15, 0.2) is 0 Å². The third kappa shape index (κ3) is 8.20. The standard InChI is InChI=1S/C25H47N3O7/c1-14-10-15(27-21(30)34-23(2,3)4)11-17(26)16(14)12-18-19(29)20(25(8,32)13-33-18)28(9)22(31)35-24(5,6)7/h14-20,29,32H,10-13,26H2,1-9H3,(H,27,30). The van der Waals surface area contributed by atoms with E-state index in [0.29, 0.717) is 12.8 Å². The Labute approximate surface area is 209 Å². The maximum Gasteiger partial charge on any atom is 0.410 e. The number of alkyl carbamates (subject to hydrolysis) is 1. The smallest absolute Gasteiger partial charge is 0.410 e. The van der Waals surface area contributed by atoms with Gasteiger partial charge in [-0.25, -0.2) is 9.59 Å². The molecule has 1 heterocycles. The molecule has 0 bridgehead atoms. The number of rotatable bonds is 4. The number of carbonyl (C=O) groups excluding carboxylic acids is 2. The summed E-state index contributed by atoms with van der Waals surface area (Å²) in [6, 6.07) is -1.23. The van der Waals surface area contributed by atoms with Crippen molar-refractivity contribution < 1.29 is 34.0 Å². The quantitative estimate of drug-likeness (QED) is 0.460. The molecular formula is C25H47N3O7. The monoisotopic (exact) mass is 501 g/mol. The highest BCUT2D eigenvalue weighted by Crippen LogP contribution is 2.37. The lowest BCUT2D eigenvalue weighted by Gasteiger charge is -2.49. The van der Waals surface area contributed by atoms with Crippen molar-refractivity contribution in [3.8, 4) is 0 Å². The van der Waals surface area contributed by atoms with Gasteiger partial charge in [-0.3, -0.25) is 0 Å². The first-order valence-corrected chi connectivity index (χ1v) is 12.5. The van der Waals surface area contributed by atoms with Gasteiger partial charge in [-0.2, -0.15) is 0 Å². The minimum Gasteiger partial charge on any atom is -0.444 e. The summed E-state index contributed by atoms with van der Waals surface area (Å²) in [4.78, 5) is 26.1. The summed E-state index contributed by atoms with van der Waals surface area (Å²) in [6.45, 7) is 14.3. The van der Waals surface area contributed by atoms with Crippen molar-refractivity contribution in [3.63, 3.8) is 0 Å². The molecule has 10 nitrogen and oxygen atoms in total. The Hall–Kier alpha value is -1.62. The zero-order valence-electron chi connectivity index (χ0n) is 22.8. The first kappa shape index (κ1) is 29.6. The van der Waals surface area contributed by atoms with Gasteiger partial charge in [0.1, 0.15) is 22.9 Å². The lowest BCUT2D eigenvalue weighted by atomic mass is 9.71. The van der Waals surface area contributed by atoms with E-state index in [1.165, 1.54) is 11.9 Å². The largest absolute Gasteiger partial charge is 0.444 e. The van der Waals surface area contributed by atoms with Crippen LogP contribution in [0.4, 0.5) is 9.59 Å². The topological polar surface area (TPSA) is 144 Å². The number of aliphatic hydroxyl groups excluding tert-OH is 1. The van der Waals surface area contributed by atoms with E-state index in [4.69, 9.17) is 19.9 Å². The highest BCUT2D eigenvalue weighted by molar-refractivity contribution is 5.68. The van der Waals surface area contributed by atoms with Gasteiger partial charge in [0, 0.05) is 19.1 Å². The van der Waals surface area contributed by atoms with Crippen LogP contribution in [0.5, 0.6) is 0 Å². The second-order valence-corrected chi connectivity index (χ2v) is 12.6. The molecule has 2 rings (SSSR count). The Morgan fingerprint density at radius 2 is 1.71 bits per heavy atom. The van der Waals surface area contributed by atoms with Crippen molar-refractivity contribution in [2.45, 2.75) is 122 Å². The van der Waals surface area contributed by atoms with Crippen LogP contribution in [0.1, 0.15) is 74.7 Å². The van der Waals surface area contributed by atoms with Gasteiger partial charge >= 0.3 is 12.2 Å². The second kappa shape index (κ2) is 10.8. The van der Waals surface area contributed by atoms with Crippen LogP contribution in [0, 0.1) is 11.8 Å². The number of hydrogen-bond donors (Lipinski definition) is 4. The minimum absolute atomic E-state index is 0.0295. The van der Waals surface area contributed by atoms with Crippen molar-refractivity contribution in [2.24, 2.45) is 17.6 Å². The molecule has 10 heteroatoms. The van der Waals surface area contributed by atoms with Gasteiger partial charge < -0.3 is 40.4 Å². The number of nitrogens with two attached hydrogens (primary N) is 1. The summed E-state index contributed by atoms with van der Waals surface area (Å²) in [5, 5.41) is 25.1. The molecule has 2 fully saturated rings. The Kier molecular flexibility index (Phi) is 9.12. The summed E-state index contributed by atoms with van der Waals surface area (Å²) in [7, 11) is 1.51. The van der Waals surface area contributed by atoms with Crippen LogP contribution < -0.4 is 11.1 Å². The van der Waals surface area contributed by atoms with Crippen molar-refractivity contribution in [1.29, 1.82) is 0 Å². The molecule has 0 aromatic carbocycles. The van der Waals surface area contributed by atoms with Gasteiger partial charge in [0.05, 0.1) is 18.8 Å².